The maximum atomic E-state index is 10.2. The predicted molar refractivity (Wildman–Crippen MR) is 87.1 cm³/mol. The summed E-state index contributed by atoms with van der Waals surface area (Å²) >= 11 is 5.92. The fraction of sp³-hybridized carbons (Fsp3) is 0.647. The summed E-state index contributed by atoms with van der Waals surface area (Å²) in [4.78, 5) is 2.35. The van der Waals surface area contributed by atoms with Gasteiger partial charge in [0.2, 0.25) is 0 Å². The number of likely N-dealkylation sites (tertiary alicyclic amines) is 1. The van der Waals surface area contributed by atoms with Crippen molar-refractivity contribution in [1.29, 1.82) is 0 Å². The van der Waals surface area contributed by atoms with Crippen LogP contribution in [0.25, 0.3) is 0 Å². The monoisotopic (exact) mass is 311 g/mol. The van der Waals surface area contributed by atoms with E-state index in [0.717, 1.165) is 24.4 Å². The minimum atomic E-state index is -0.461. The van der Waals surface area contributed by atoms with Gasteiger partial charge in [-0.15, -0.1) is 0 Å². The largest absolute Gasteiger partial charge is 0.491 e. The maximum Gasteiger partial charge on any atom is 0.122 e. The first-order valence-electron chi connectivity index (χ1n) is 7.73. The van der Waals surface area contributed by atoms with Crippen LogP contribution in [-0.4, -0.2) is 42.4 Å². The lowest BCUT2D eigenvalue weighted by Crippen LogP contribution is -2.44. The highest BCUT2D eigenvalue weighted by Crippen LogP contribution is 2.23. The maximum absolute atomic E-state index is 10.2. The fourth-order valence-corrected chi connectivity index (χ4v) is 3.48. The molecular formula is C17H26ClNO2. The molecule has 2 rings (SSSR count). The van der Waals surface area contributed by atoms with Gasteiger partial charge >= 0.3 is 0 Å². The Morgan fingerprint density at radius 3 is 2.62 bits per heavy atom. The van der Waals surface area contributed by atoms with Crippen molar-refractivity contribution >= 4 is 11.6 Å². The average molecular weight is 312 g/mol. The number of β-amino-alcohol motifs (C(OH)–C–C–N with tert-alkyl or cyclic N) is 1. The Morgan fingerprint density at radius 2 is 2.00 bits per heavy atom. The Kier molecular flexibility index (Phi) is 5.91. The number of aliphatic hydroxyl groups is 1. The van der Waals surface area contributed by atoms with Crippen LogP contribution in [0, 0.1) is 18.8 Å². The molecule has 0 radical (unpaired) electrons. The van der Waals surface area contributed by atoms with E-state index in [1.165, 1.54) is 6.42 Å². The van der Waals surface area contributed by atoms with Crippen molar-refractivity contribution in [2.45, 2.75) is 33.3 Å². The van der Waals surface area contributed by atoms with E-state index in [4.69, 9.17) is 16.3 Å². The van der Waals surface area contributed by atoms with Crippen molar-refractivity contribution in [3.05, 3.63) is 28.8 Å². The van der Waals surface area contributed by atoms with Crippen molar-refractivity contribution < 1.29 is 9.84 Å². The number of halogens is 1. The number of ether oxygens (including phenoxy) is 1. The molecule has 1 N–H and O–H groups in total. The fourth-order valence-electron chi connectivity index (χ4n) is 3.25. The van der Waals surface area contributed by atoms with Crippen molar-refractivity contribution in [3.8, 4) is 5.75 Å². The summed E-state index contributed by atoms with van der Waals surface area (Å²) in [7, 11) is 0. The van der Waals surface area contributed by atoms with Gasteiger partial charge in [-0.1, -0.05) is 25.4 Å². The number of aryl methyl sites for hydroxylation is 1. The van der Waals surface area contributed by atoms with Crippen molar-refractivity contribution in [1.82, 2.24) is 4.90 Å². The summed E-state index contributed by atoms with van der Waals surface area (Å²) in [5, 5.41) is 10.9. The van der Waals surface area contributed by atoms with E-state index >= 15 is 0 Å². The molecule has 1 saturated heterocycles. The molecule has 21 heavy (non-hydrogen) atoms. The Labute approximate surface area is 132 Å². The van der Waals surface area contributed by atoms with E-state index in [9.17, 15) is 5.11 Å². The minimum Gasteiger partial charge on any atom is -0.491 e. The zero-order valence-electron chi connectivity index (χ0n) is 13.2. The lowest BCUT2D eigenvalue weighted by atomic mass is 9.92. The van der Waals surface area contributed by atoms with Crippen LogP contribution in [0.4, 0.5) is 0 Å². The number of piperidine rings is 1. The Balaban J connectivity index is 1.80. The van der Waals surface area contributed by atoms with E-state index in [1.54, 1.807) is 0 Å². The first-order valence-corrected chi connectivity index (χ1v) is 8.11. The molecule has 0 amide bonds. The molecule has 3 nitrogen and oxygen atoms in total. The van der Waals surface area contributed by atoms with E-state index in [-0.39, 0.29) is 0 Å². The molecule has 118 valence electrons. The number of hydrogen-bond acceptors (Lipinski definition) is 3. The van der Waals surface area contributed by atoms with E-state index in [0.29, 0.717) is 30.0 Å². The third-order valence-corrected chi connectivity index (χ3v) is 4.22. The topological polar surface area (TPSA) is 32.7 Å². The SMILES string of the molecule is Cc1cc(Cl)ccc1OC[C@H](O)CN1C[C@H](C)C[C@@H](C)C1. The first kappa shape index (κ1) is 16.6. The van der Waals surface area contributed by atoms with E-state index in [2.05, 4.69) is 18.7 Å². The normalized spacial score (nSPS) is 24.8. The Morgan fingerprint density at radius 1 is 1.33 bits per heavy atom. The summed E-state index contributed by atoms with van der Waals surface area (Å²) in [6, 6.07) is 5.54. The molecule has 1 aliphatic heterocycles. The summed E-state index contributed by atoms with van der Waals surface area (Å²) in [5.74, 6) is 2.21. The van der Waals surface area contributed by atoms with Crippen LogP contribution in [0.2, 0.25) is 5.02 Å². The number of aliphatic hydroxyl groups excluding tert-OH is 1. The van der Waals surface area contributed by atoms with Crippen LogP contribution in [0.1, 0.15) is 25.8 Å². The molecule has 0 unspecified atom stereocenters. The third-order valence-electron chi connectivity index (χ3n) is 3.98. The first-order chi connectivity index (χ1) is 9.94. The molecule has 1 fully saturated rings. The van der Waals surface area contributed by atoms with Gasteiger partial charge in [-0.3, -0.25) is 0 Å². The van der Waals surface area contributed by atoms with Crippen LogP contribution >= 0.6 is 11.6 Å². The second kappa shape index (κ2) is 7.48. The van der Waals surface area contributed by atoms with Gasteiger partial charge in [0, 0.05) is 24.7 Å². The number of benzene rings is 1. The molecule has 3 atom stereocenters. The Bertz CT molecular complexity index is 456. The van der Waals surface area contributed by atoms with Crippen molar-refractivity contribution in [3.63, 3.8) is 0 Å². The van der Waals surface area contributed by atoms with Gasteiger partial charge in [0.25, 0.3) is 0 Å². The highest BCUT2D eigenvalue weighted by molar-refractivity contribution is 6.30. The molecular weight excluding hydrogens is 286 g/mol. The molecule has 1 aromatic rings. The summed E-state index contributed by atoms with van der Waals surface area (Å²) in [6.07, 6.45) is 0.824. The van der Waals surface area contributed by atoms with Crippen LogP contribution in [0.5, 0.6) is 5.75 Å². The highest BCUT2D eigenvalue weighted by atomic mass is 35.5. The summed E-state index contributed by atoms with van der Waals surface area (Å²) in [6.45, 7) is 9.67. The molecule has 4 heteroatoms. The molecule has 1 heterocycles. The molecule has 0 aliphatic carbocycles. The van der Waals surface area contributed by atoms with E-state index in [1.807, 2.05) is 25.1 Å². The second-order valence-corrected chi connectivity index (χ2v) is 6.98. The molecule has 0 saturated carbocycles. The standard InChI is InChI=1S/C17H26ClNO2/c1-12-6-13(2)9-19(8-12)10-16(20)11-21-17-5-4-15(18)7-14(17)3/h4-5,7,12-13,16,20H,6,8-11H2,1-3H3/t12-,13-,16-/m1/s1. The second-order valence-electron chi connectivity index (χ2n) is 6.54. The van der Waals surface area contributed by atoms with Crippen LogP contribution in [-0.2, 0) is 0 Å². The Hall–Kier alpha value is -0.770. The summed E-state index contributed by atoms with van der Waals surface area (Å²) in [5.41, 5.74) is 0.995. The van der Waals surface area contributed by atoms with Gasteiger partial charge < -0.3 is 14.7 Å². The highest BCUT2D eigenvalue weighted by Gasteiger charge is 2.23. The molecule has 0 spiro atoms. The molecule has 1 aromatic carbocycles. The molecule has 1 aliphatic rings. The molecule has 0 bridgehead atoms. The van der Waals surface area contributed by atoms with Crippen LogP contribution in [0.15, 0.2) is 18.2 Å². The average Bonchev–Trinajstić information content (AvgIpc) is 2.36. The zero-order chi connectivity index (χ0) is 15.4. The summed E-state index contributed by atoms with van der Waals surface area (Å²) < 4.78 is 5.71. The van der Waals surface area contributed by atoms with Gasteiger partial charge in [-0.05, 0) is 48.9 Å². The lowest BCUT2D eigenvalue weighted by molar-refractivity contribution is 0.0427. The number of rotatable bonds is 5. The van der Waals surface area contributed by atoms with Crippen molar-refractivity contribution in [2.24, 2.45) is 11.8 Å². The van der Waals surface area contributed by atoms with Crippen LogP contribution < -0.4 is 4.74 Å². The van der Waals surface area contributed by atoms with Crippen molar-refractivity contribution in [2.75, 3.05) is 26.2 Å². The van der Waals surface area contributed by atoms with Gasteiger partial charge in [-0.2, -0.15) is 0 Å². The molecule has 0 aromatic heterocycles. The quantitative estimate of drug-likeness (QED) is 0.905. The smallest absolute Gasteiger partial charge is 0.122 e. The number of nitrogens with zero attached hydrogens (tertiary/aromatic N) is 1. The van der Waals surface area contributed by atoms with Gasteiger partial charge in [0.05, 0.1) is 0 Å². The number of hydrogen-bond donors (Lipinski definition) is 1. The van der Waals surface area contributed by atoms with Crippen LogP contribution in [0.3, 0.4) is 0 Å². The minimum absolute atomic E-state index is 0.321. The van der Waals surface area contributed by atoms with Gasteiger partial charge in [0.1, 0.15) is 18.5 Å². The predicted octanol–water partition coefficient (Wildman–Crippen LogP) is 3.37. The lowest BCUT2D eigenvalue weighted by Gasteiger charge is -2.35. The van der Waals surface area contributed by atoms with Gasteiger partial charge in [-0.25, -0.2) is 0 Å². The third kappa shape index (κ3) is 5.17. The zero-order valence-corrected chi connectivity index (χ0v) is 13.9. The van der Waals surface area contributed by atoms with E-state index < -0.39 is 6.10 Å². The van der Waals surface area contributed by atoms with Gasteiger partial charge in [0.15, 0.2) is 0 Å².